The third-order valence-electron chi connectivity index (χ3n) is 6.66. The van der Waals surface area contributed by atoms with Crippen molar-refractivity contribution >= 4 is 34.5 Å². The molecular formula is C31H30N4O5S. The van der Waals surface area contributed by atoms with Crippen LogP contribution in [0.25, 0.3) is 5.70 Å². The van der Waals surface area contributed by atoms with Crippen molar-refractivity contribution in [2.75, 3.05) is 20.8 Å². The number of nitrogens with one attached hydrogen (secondary N) is 1. The van der Waals surface area contributed by atoms with Gasteiger partial charge in [-0.15, -0.1) is 0 Å². The fraction of sp³-hybridized carbons (Fsp3) is 0.226. The molecule has 0 bridgehead atoms. The summed E-state index contributed by atoms with van der Waals surface area (Å²) >= 11 is 1.41. The Morgan fingerprint density at radius 3 is 2.51 bits per heavy atom. The fourth-order valence-electron chi connectivity index (χ4n) is 4.76. The average Bonchev–Trinajstić information content (AvgIpc) is 3.41. The van der Waals surface area contributed by atoms with E-state index in [9.17, 15) is 9.59 Å². The molecule has 0 saturated heterocycles. The van der Waals surface area contributed by atoms with Crippen molar-refractivity contribution in [2.45, 2.75) is 25.9 Å². The van der Waals surface area contributed by atoms with E-state index in [1.54, 1.807) is 45.7 Å². The number of nitrogens with zero attached hydrogens (tertiary/aromatic N) is 3. The summed E-state index contributed by atoms with van der Waals surface area (Å²) in [5, 5.41) is 5.52. The van der Waals surface area contributed by atoms with Crippen LogP contribution >= 0.6 is 11.8 Å². The van der Waals surface area contributed by atoms with Crippen molar-refractivity contribution in [3.8, 4) is 11.5 Å². The molecule has 3 heterocycles. The summed E-state index contributed by atoms with van der Waals surface area (Å²) in [5.74, 6) is 0.496. The van der Waals surface area contributed by atoms with Crippen molar-refractivity contribution in [1.29, 1.82) is 0 Å². The Kier molecular flexibility index (Phi) is 8.69. The average molecular weight is 571 g/mol. The largest absolute Gasteiger partial charge is 0.497 e. The van der Waals surface area contributed by atoms with Crippen molar-refractivity contribution in [1.82, 2.24) is 15.2 Å². The smallest absolute Gasteiger partial charge is 0.338 e. The van der Waals surface area contributed by atoms with Crippen LogP contribution in [0.5, 0.6) is 11.5 Å². The van der Waals surface area contributed by atoms with Gasteiger partial charge in [-0.3, -0.25) is 9.78 Å². The van der Waals surface area contributed by atoms with Gasteiger partial charge in [0, 0.05) is 35.8 Å². The maximum atomic E-state index is 13.7. The molecule has 0 radical (unpaired) electrons. The summed E-state index contributed by atoms with van der Waals surface area (Å²) < 4.78 is 16.9. The van der Waals surface area contributed by atoms with Crippen molar-refractivity contribution in [2.24, 2.45) is 4.99 Å². The zero-order valence-electron chi connectivity index (χ0n) is 23.0. The van der Waals surface area contributed by atoms with Gasteiger partial charge in [-0.2, -0.15) is 0 Å². The number of amidine groups is 1. The molecule has 2 aromatic carbocycles. The molecule has 2 aliphatic rings. The Labute approximate surface area is 242 Å². The number of esters is 1. The van der Waals surface area contributed by atoms with Gasteiger partial charge in [-0.05, 0) is 48.2 Å². The Bertz CT molecular complexity index is 1520. The number of rotatable bonds is 10. The SMILES string of the molecule is CCOC(=O)C1=C(c2ccccc2)N=C2SC=C(CC(=O)NCc3ccncc3)N2C1c1cc(OC)ccc1OC. The van der Waals surface area contributed by atoms with E-state index in [2.05, 4.69) is 10.3 Å². The zero-order valence-corrected chi connectivity index (χ0v) is 23.8. The number of aliphatic imine (C=N–C) groups is 1. The number of carbonyl (C=O) groups excluding carboxylic acids is 2. The lowest BCUT2D eigenvalue weighted by atomic mass is 9.90. The minimum absolute atomic E-state index is 0.0800. The van der Waals surface area contributed by atoms with E-state index in [1.807, 2.05) is 58.8 Å². The van der Waals surface area contributed by atoms with Gasteiger partial charge in [0.2, 0.25) is 5.91 Å². The van der Waals surface area contributed by atoms with Gasteiger partial charge >= 0.3 is 5.97 Å². The molecule has 0 fully saturated rings. The van der Waals surface area contributed by atoms with E-state index in [1.165, 1.54) is 11.8 Å². The standard InChI is InChI=1S/C31H30N4O5S/c1-4-40-30(37)27-28(21-8-6-5-7-9-21)34-31-35(29(27)24-17-23(38-2)10-11-25(24)39-3)22(19-41-31)16-26(36)33-18-20-12-14-32-15-13-20/h5-15,17,19,29H,4,16,18H2,1-3H3,(H,33,36). The number of ether oxygens (including phenoxy) is 3. The van der Waals surface area contributed by atoms with Crippen LogP contribution in [0, 0.1) is 0 Å². The highest BCUT2D eigenvalue weighted by molar-refractivity contribution is 8.16. The topological polar surface area (TPSA) is 102 Å². The number of fused-ring (bicyclic) bond motifs is 1. The molecule has 3 aromatic rings. The number of carbonyl (C=O) groups is 2. The van der Waals surface area contributed by atoms with E-state index >= 15 is 0 Å². The molecule has 10 heteroatoms. The number of hydrogen-bond donors (Lipinski definition) is 1. The second-order valence-electron chi connectivity index (χ2n) is 9.16. The first kappa shape index (κ1) is 28.0. The lowest BCUT2D eigenvalue weighted by molar-refractivity contribution is -0.139. The van der Waals surface area contributed by atoms with Gasteiger partial charge in [0.05, 0.1) is 44.6 Å². The van der Waals surface area contributed by atoms with Crippen LogP contribution in [-0.4, -0.2) is 47.8 Å². The molecule has 0 spiro atoms. The molecular weight excluding hydrogens is 540 g/mol. The monoisotopic (exact) mass is 570 g/mol. The van der Waals surface area contributed by atoms with Crippen LogP contribution in [0.3, 0.4) is 0 Å². The molecule has 41 heavy (non-hydrogen) atoms. The van der Waals surface area contributed by atoms with Crippen molar-refractivity contribution < 1.29 is 23.8 Å². The van der Waals surface area contributed by atoms with Gasteiger partial charge < -0.3 is 24.4 Å². The first-order valence-corrected chi connectivity index (χ1v) is 14.0. The molecule has 210 valence electrons. The van der Waals surface area contributed by atoms with E-state index in [0.29, 0.717) is 45.7 Å². The van der Waals surface area contributed by atoms with Gasteiger partial charge in [0.15, 0.2) is 5.17 Å². The second-order valence-corrected chi connectivity index (χ2v) is 10.00. The predicted molar refractivity (Wildman–Crippen MR) is 158 cm³/mol. The summed E-state index contributed by atoms with van der Waals surface area (Å²) in [6.07, 6.45) is 3.46. The zero-order chi connectivity index (χ0) is 28.8. The first-order chi connectivity index (χ1) is 20.0. The maximum Gasteiger partial charge on any atom is 0.338 e. The Morgan fingerprint density at radius 2 is 1.80 bits per heavy atom. The number of amides is 1. The third kappa shape index (κ3) is 5.97. The summed E-state index contributed by atoms with van der Waals surface area (Å²) in [5.41, 5.74) is 3.96. The van der Waals surface area contributed by atoms with Crippen LogP contribution in [0.4, 0.5) is 0 Å². The van der Waals surface area contributed by atoms with Crippen LogP contribution in [0.15, 0.2) is 94.7 Å². The number of methoxy groups -OCH3 is 2. The lowest BCUT2D eigenvalue weighted by Gasteiger charge is -2.37. The highest BCUT2D eigenvalue weighted by atomic mass is 32.2. The van der Waals surface area contributed by atoms with Crippen molar-refractivity contribution in [3.63, 3.8) is 0 Å². The lowest BCUT2D eigenvalue weighted by Crippen LogP contribution is -2.38. The molecule has 9 nitrogen and oxygen atoms in total. The first-order valence-electron chi connectivity index (χ1n) is 13.1. The molecule has 1 amide bonds. The molecule has 1 atom stereocenters. The summed E-state index contributed by atoms with van der Waals surface area (Å²) in [4.78, 5) is 37.8. The van der Waals surface area contributed by atoms with Crippen LogP contribution in [0.2, 0.25) is 0 Å². The number of pyridine rings is 1. The van der Waals surface area contributed by atoms with E-state index in [4.69, 9.17) is 19.2 Å². The fourth-order valence-corrected chi connectivity index (χ4v) is 5.68. The van der Waals surface area contributed by atoms with Gasteiger partial charge in [0.25, 0.3) is 0 Å². The second kappa shape index (κ2) is 12.7. The van der Waals surface area contributed by atoms with E-state index in [-0.39, 0.29) is 18.9 Å². The third-order valence-corrected chi connectivity index (χ3v) is 7.55. The molecule has 0 aliphatic carbocycles. The molecule has 0 saturated carbocycles. The number of benzene rings is 2. The molecule has 1 N–H and O–H groups in total. The van der Waals surface area contributed by atoms with Crippen LogP contribution in [0.1, 0.15) is 36.1 Å². The Hall–Kier alpha value is -4.57. The minimum Gasteiger partial charge on any atom is -0.497 e. The number of hydrogen-bond acceptors (Lipinski definition) is 9. The van der Waals surface area contributed by atoms with E-state index in [0.717, 1.165) is 11.1 Å². The number of aromatic nitrogens is 1. The Balaban J connectivity index is 1.59. The van der Waals surface area contributed by atoms with Gasteiger partial charge in [-0.25, -0.2) is 9.79 Å². The van der Waals surface area contributed by atoms with Gasteiger partial charge in [-0.1, -0.05) is 42.1 Å². The molecule has 1 unspecified atom stereocenters. The molecule has 2 aliphatic heterocycles. The van der Waals surface area contributed by atoms with Crippen molar-refractivity contribution in [3.05, 3.63) is 106 Å². The van der Waals surface area contributed by atoms with Crippen LogP contribution < -0.4 is 14.8 Å². The highest BCUT2D eigenvalue weighted by Crippen LogP contribution is 2.49. The normalized spacial score (nSPS) is 16.0. The summed E-state index contributed by atoms with van der Waals surface area (Å²) in [7, 11) is 3.16. The number of thioether (sulfide) groups is 1. The van der Waals surface area contributed by atoms with Crippen LogP contribution in [-0.2, 0) is 20.9 Å². The molecule has 5 rings (SSSR count). The maximum absolute atomic E-state index is 13.7. The predicted octanol–water partition coefficient (Wildman–Crippen LogP) is 5.08. The Morgan fingerprint density at radius 1 is 1.02 bits per heavy atom. The summed E-state index contributed by atoms with van der Waals surface area (Å²) in [6, 6.07) is 18.0. The van der Waals surface area contributed by atoms with Gasteiger partial charge in [0.1, 0.15) is 11.5 Å². The van der Waals surface area contributed by atoms with E-state index < -0.39 is 12.0 Å². The highest BCUT2D eigenvalue weighted by Gasteiger charge is 2.43. The summed E-state index contributed by atoms with van der Waals surface area (Å²) in [6.45, 7) is 2.34. The quantitative estimate of drug-likeness (QED) is 0.337. The molecule has 1 aromatic heterocycles. The minimum atomic E-state index is -0.698.